The lowest BCUT2D eigenvalue weighted by Gasteiger charge is -2.18. The van der Waals surface area contributed by atoms with Gasteiger partial charge in [-0.25, -0.2) is 4.79 Å². The van der Waals surface area contributed by atoms with Crippen molar-refractivity contribution in [3.05, 3.63) is 22.2 Å². The average Bonchev–Trinajstić information content (AvgIpc) is 2.95. The summed E-state index contributed by atoms with van der Waals surface area (Å²) >= 11 is 0. The summed E-state index contributed by atoms with van der Waals surface area (Å²) in [4.78, 5) is 38.7. The number of aryl methyl sites for hydroxylation is 1. The topological polar surface area (TPSA) is 135 Å². The van der Waals surface area contributed by atoms with Crippen molar-refractivity contribution < 1.29 is 23.8 Å². The number of aromatic nitrogens is 2. The zero-order valence-electron chi connectivity index (χ0n) is 15.1. The molecule has 1 aromatic rings. The van der Waals surface area contributed by atoms with E-state index in [1.807, 2.05) is 0 Å². The van der Waals surface area contributed by atoms with E-state index >= 15 is 0 Å². The minimum absolute atomic E-state index is 0.0684. The SMILES string of the molecule is CC(=O)OCC1OC(n2cc(C)c(NCCN)nc2=O)CC1OC(C)=O. The lowest BCUT2D eigenvalue weighted by atomic mass is 10.2. The van der Waals surface area contributed by atoms with Crippen LogP contribution in [-0.2, 0) is 23.8 Å². The number of esters is 2. The van der Waals surface area contributed by atoms with Crippen LogP contribution in [0.25, 0.3) is 0 Å². The Kier molecular flexibility index (Phi) is 6.70. The lowest BCUT2D eigenvalue weighted by Crippen LogP contribution is -2.31. The molecule has 0 radical (unpaired) electrons. The summed E-state index contributed by atoms with van der Waals surface area (Å²) in [6.45, 7) is 5.20. The number of carbonyl (C=O) groups is 2. The largest absolute Gasteiger partial charge is 0.463 e. The standard InChI is InChI=1S/C16H24N4O6/c1-9-7-20(16(23)19-15(9)18-5-4-17)14-6-12(25-11(3)22)13(26-14)8-24-10(2)21/h7,12-14H,4-6,8,17H2,1-3H3,(H,18,19,23). The molecule has 1 aliphatic rings. The number of ether oxygens (including phenoxy) is 3. The van der Waals surface area contributed by atoms with Gasteiger partial charge in [-0.3, -0.25) is 14.2 Å². The average molecular weight is 368 g/mol. The van der Waals surface area contributed by atoms with Gasteiger partial charge >= 0.3 is 17.6 Å². The predicted octanol–water partition coefficient (Wildman–Crippen LogP) is -0.295. The Morgan fingerprint density at radius 2 is 2.15 bits per heavy atom. The van der Waals surface area contributed by atoms with E-state index in [1.165, 1.54) is 18.4 Å². The van der Waals surface area contributed by atoms with Crippen LogP contribution >= 0.6 is 0 Å². The maximum Gasteiger partial charge on any atom is 0.351 e. The summed E-state index contributed by atoms with van der Waals surface area (Å²) in [5, 5.41) is 2.98. The first kappa shape index (κ1) is 19.9. The third-order valence-electron chi connectivity index (χ3n) is 3.83. The number of nitrogens with zero attached hydrogens (tertiary/aromatic N) is 2. The molecule has 0 bridgehead atoms. The van der Waals surface area contributed by atoms with Crippen molar-refractivity contribution in [2.45, 2.75) is 45.6 Å². The molecule has 1 fully saturated rings. The molecule has 2 rings (SSSR count). The van der Waals surface area contributed by atoms with Crippen LogP contribution in [0, 0.1) is 6.92 Å². The summed E-state index contributed by atoms with van der Waals surface area (Å²) in [5.74, 6) is -0.485. The Labute approximate surface area is 150 Å². The number of nitrogens with one attached hydrogen (secondary N) is 1. The summed E-state index contributed by atoms with van der Waals surface area (Å²) in [6.07, 6.45) is -0.0867. The molecule has 3 N–H and O–H groups in total. The summed E-state index contributed by atoms with van der Waals surface area (Å²) in [7, 11) is 0. The fraction of sp³-hybridized carbons (Fsp3) is 0.625. The minimum Gasteiger partial charge on any atom is -0.463 e. The second-order valence-corrected chi connectivity index (χ2v) is 5.99. The van der Waals surface area contributed by atoms with Gasteiger partial charge in [0.25, 0.3) is 0 Å². The van der Waals surface area contributed by atoms with Crippen LogP contribution in [0.4, 0.5) is 5.82 Å². The molecular formula is C16H24N4O6. The van der Waals surface area contributed by atoms with Gasteiger partial charge in [0, 0.05) is 45.1 Å². The van der Waals surface area contributed by atoms with Crippen molar-refractivity contribution in [3.63, 3.8) is 0 Å². The third-order valence-corrected chi connectivity index (χ3v) is 3.83. The van der Waals surface area contributed by atoms with Gasteiger partial charge in [-0.2, -0.15) is 4.98 Å². The molecule has 26 heavy (non-hydrogen) atoms. The summed E-state index contributed by atoms with van der Waals surface area (Å²) in [5.41, 5.74) is 5.68. The highest BCUT2D eigenvalue weighted by atomic mass is 16.6. The number of anilines is 1. The van der Waals surface area contributed by atoms with Gasteiger partial charge in [0.1, 0.15) is 30.9 Å². The number of hydrogen-bond donors (Lipinski definition) is 2. The van der Waals surface area contributed by atoms with Gasteiger partial charge < -0.3 is 25.3 Å². The molecule has 3 unspecified atom stereocenters. The Hall–Kier alpha value is -2.46. The van der Waals surface area contributed by atoms with Gasteiger partial charge in [-0.05, 0) is 6.92 Å². The van der Waals surface area contributed by atoms with Crippen LogP contribution in [0.5, 0.6) is 0 Å². The van der Waals surface area contributed by atoms with Crippen LogP contribution in [0.3, 0.4) is 0 Å². The van der Waals surface area contributed by atoms with E-state index in [9.17, 15) is 14.4 Å². The van der Waals surface area contributed by atoms with Crippen molar-refractivity contribution in [1.82, 2.24) is 9.55 Å². The molecule has 2 heterocycles. The van der Waals surface area contributed by atoms with Crippen LogP contribution < -0.4 is 16.7 Å². The molecule has 3 atom stereocenters. The second kappa shape index (κ2) is 8.77. The molecule has 1 saturated heterocycles. The Balaban J connectivity index is 2.19. The number of hydrogen-bond acceptors (Lipinski definition) is 9. The third kappa shape index (κ3) is 5.02. The van der Waals surface area contributed by atoms with Crippen molar-refractivity contribution in [2.75, 3.05) is 25.0 Å². The molecule has 1 aromatic heterocycles. The van der Waals surface area contributed by atoms with Crippen LogP contribution in [0.15, 0.2) is 11.0 Å². The van der Waals surface area contributed by atoms with E-state index in [2.05, 4.69) is 10.3 Å². The van der Waals surface area contributed by atoms with Gasteiger partial charge in [0.15, 0.2) is 0 Å². The predicted molar refractivity (Wildman–Crippen MR) is 91.5 cm³/mol. The van der Waals surface area contributed by atoms with E-state index in [0.717, 1.165) is 5.56 Å². The monoisotopic (exact) mass is 368 g/mol. The van der Waals surface area contributed by atoms with Crippen molar-refractivity contribution in [3.8, 4) is 0 Å². The molecule has 0 amide bonds. The smallest absolute Gasteiger partial charge is 0.351 e. The molecular weight excluding hydrogens is 344 g/mol. The van der Waals surface area contributed by atoms with Crippen molar-refractivity contribution in [1.29, 1.82) is 0 Å². The zero-order valence-corrected chi connectivity index (χ0v) is 15.1. The highest BCUT2D eigenvalue weighted by Crippen LogP contribution is 2.30. The second-order valence-electron chi connectivity index (χ2n) is 5.99. The lowest BCUT2D eigenvalue weighted by molar-refractivity contribution is -0.155. The first-order chi connectivity index (χ1) is 12.3. The molecule has 1 aliphatic heterocycles. The maximum absolute atomic E-state index is 12.4. The van der Waals surface area contributed by atoms with Crippen molar-refractivity contribution >= 4 is 17.8 Å². The Bertz CT molecular complexity index is 719. The van der Waals surface area contributed by atoms with E-state index in [-0.39, 0.29) is 13.0 Å². The van der Waals surface area contributed by atoms with E-state index in [1.54, 1.807) is 13.1 Å². The van der Waals surface area contributed by atoms with Crippen LogP contribution in [-0.4, -0.2) is 53.4 Å². The molecule has 0 aromatic carbocycles. The van der Waals surface area contributed by atoms with Gasteiger partial charge in [0.2, 0.25) is 0 Å². The number of carbonyl (C=O) groups excluding carboxylic acids is 2. The van der Waals surface area contributed by atoms with E-state index in [4.69, 9.17) is 19.9 Å². The zero-order chi connectivity index (χ0) is 19.3. The maximum atomic E-state index is 12.4. The fourth-order valence-corrected chi connectivity index (χ4v) is 2.70. The molecule has 0 spiro atoms. The number of rotatable bonds is 7. The van der Waals surface area contributed by atoms with Gasteiger partial charge in [0.05, 0.1) is 0 Å². The fourth-order valence-electron chi connectivity index (χ4n) is 2.70. The normalized spacial score (nSPS) is 22.1. The Morgan fingerprint density at radius 3 is 2.77 bits per heavy atom. The first-order valence-electron chi connectivity index (χ1n) is 8.31. The highest BCUT2D eigenvalue weighted by molar-refractivity contribution is 5.66. The molecule has 0 saturated carbocycles. The molecule has 144 valence electrons. The van der Waals surface area contributed by atoms with E-state index < -0.39 is 36.1 Å². The molecule has 0 aliphatic carbocycles. The summed E-state index contributed by atoms with van der Waals surface area (Å²) in [6, 6.07) is 0. The van der Waals surface area contributed by atoms with Crippen LogP contribution in [0.1, 0.15) is 32.1 Å². The minimum atomic E-state index is -0.679. The van der Waals surface area contributed by atoms with Crippen molar-refractivity contribution in [2.24, 2.45) is 5.73 Å². The van der Waals surface area contributed by atoms with Gasteiger partial charge in [-0.1, -0.05) is 0 Å². The molecule has 10 heteroatoms. The first-order valence-corrected chi connectivity index (χ1v) is 8.31. The van der Waals surface area contributed by atoms with E-state index in [0.29, 0.717) is 18.9 Å². The molecule has 10 nitrogen and oxygen atoms in total. The van der Waals surface area contributed by atoms with Gasteiger partial charge in [-0.15, -0.1) is 0 Å². The van der Waals surface area contributed by atoms with Crippen LogP contribution in [0.2, 0.25) is 0 Å². The summed E-state index contributed by atoms with van der Waals surface area (Å²) < 4.78 is 17.3. The Morgan fingerprint density at radius 1 is 1.42 bits per heavy atom. The number of nitrogens with two attached hydrogens (primary N) is 1. The quantitative estimate of drug-likeness (QED) is 0.622. The highest BCUT2D eigenvalue weighted by Gasteiger charge is 2.39.